The fourth-order valence-corrected chi connectivity index (χ4v) is 2.20. The van der Waals surface area contributed by atoms with Crippen molar-refractivity contribution in [1.82, 2.24) is 10.3 Å². The highest BCUT2D eigenvalue weighted by Gasteiger charge is 2.25. The number of anilines is 1. The van der Waals surface area contributed by atoms with Gasteiger partial charge in [-0.2, -0.15) is 0 Å². The van der Waals surface area contributed by atoms with Crippen LogP contribution in [0.5, 0.6) is 0 Å². The summed E-state index contributed by atoms with van der Waals surface area (Å²) in [5.74, 6) is 0.213. The molecule has 0 spiro atoms. The van der Waals surface area contributed by atoms with Crippen molar-refractivity contribution < 1.29 is 14.0 Å². The number of primary amides is 1. The standard InChI is InChI=1S/C15H20N4O3/c1-4-8(2)13(19-15(16)21)14(20)18-10-5-6-12-11(7-10)17-9(3)22-12/h5-8,13H,4H2,1-3H3,(H,18,20)(H3,16,19,21). The number of fused-ring (bicyclic) bond motifs is 1. The van der Waals surface area contributed by atoms with Crippen LogP contribution in [0.3, 0.4) is 0 Å². The summed E-state index contributed by atoms with van der Waals surface area (Å²) in [6.07, 6.45) is 0.736. The summed E-state index contributed by atoms with van der Waals surface area (Å²) in [4.78, 5) is 27.7. The van der Waals surface area contributed by atoms with Crippen molar-refractivity contribution in [3.63, 3.8) is 0 Å². The number of nitrogens with one attached hydrogen (secondary N) is 2. The Labute approximate surface area is 128 Å². The van der Waals surface area contributed by atoms with Crippen LogP contribution >= 0.6 is 0 Å². The average Bonchev–Trinajstić information content (AvgIpc) is 2.83. The van der Waals surface area contributed by atoms with Gasteiger partial charge in [0.15, 0.2) is 11.5 Å². The Morgan fingerprint density at radius 3 is 2.77 bits per heavy atom. The van der Waals surface area contributed by atoms with E-state index < -0.39 is 12.1 Å². The van der Waals surface area contributed by atoms with Gasteiger partial charge < -0.3 is 20.8 Å². The van der Waals surface area contributed by atoms with Crippen molar-refractivity contribution in [2.75, 3.05) is 5.32 Å². The number of carbonyl (C=O) groups excluding carboxylic acids is 2. The van der Waals surface area contributed by atoms with E-state index in [1.807, 2.05) is 13.8 Å². The molecule has 2 atom stereocenters. The number of carbonyl (C=O) groups is 2. The Morgan fingerprint density at radius 2 is 2.14 bits per heavy atom. The monoisotopic (exact) mass is 304 g/mol. The number of aryl methyl sites for hydroxylation is 1. The quantitative estimate of drug-likeness (QED) is 0.786. The second-order valence-corrected chi connectivity index (χ2v) is 5.28. The van der Waals surface area contributed by atoms with E-state index in [9.17, 15) is 9.59 Å². The minimum absolute atomic E-state index is 0.0366. The van der Waals surface area contributed by atoms with E-state index in [-0.39, 0.29) is 11.8 Å². The molecule has 0 bridgehead atoms. The molecule has 7 nitrogen and oxygen atoms in total. The van der Waals surface area contributed by atoms with Gasteiger partial charge in [0.05, 0.1) is 0 Å². The van der Waals surface area contributed by atoms with Crippen LogP contribution in [0.15, 0.2) is 22.6 Å². The first-order chi connectivity index (χ1) is 10.4. The number of hydrogen-bond acceptors (Lipinski definition) is 4. The van der Waals surface area contributed by atoms with Crippen LogP contribution in [-0.2, 0) is 4.79 Å². The zero-order valence-corrected chi connectivity index (χ0v) is 12.8. The Balaban J connectivity index is 2.17. The van der Waals surface area contributed by atoms with Crippen LogP contribution in [0.25, 0.3) is 11.1 Å². The van der Waals surface area contributed by atoms with Crippen LogP contribution in [0.4, 0.5) is 10.5 Å². The first-order valence-corrected chi connectivity index (χ1v) is 7.14. The van der Waals surface area contributed by atoms with Gasteiger partial charge >= 0.3 is 6.03 Å². The van der Waals surface area contributed by atoms with E-state index in [1.165, 1.54) is 0 Å². The van der Waals surface area contributed by atoms with Crippen LogP contribution in [0.1, 0.15) is 26.2 Å². The molecule has 2 aromatic rings. The molecule has 1 aromatic heterocycles. The van der Waals surface area contributed by atoms with Crippen LogP contribution in [-0.4, -0.2) is 23.0 Å². The highest BCUT2D eigenvalue weighted by Crippen LogP contribution is 2.20. The van der Waals surface area contributed by atoms with Gasteiger partial charge in [-0.15, -0.1) is 0 Å². The molecule has 1 aromatic carbocycles. The molecule has 2 rings (SSSR count). The number of amides is 3. The zero-order valence-electron chi connectivity index (χ0n) is 12.8. The summed E-state index contributed by atoms with van der Waals surface area (Å²) in [5.41, 5.74) is 7.05. The lowest BCUT2D eigenvalue weighted by Gasteiger charge is -2.22. The van der Waals surface area contributed by atoms with Crippen molar-refractivity contribution >= 4 is 28.7 Å². The molecule has 7 heteroatoms. The van der Waals surface area contributed by atoms with Crippen molar-refractivity contribution in [1.29, 1.82) is 0 Å². The Bertz CT molecular complexity index is 695. The highest BCUT2D eigenvalue weighted by molar-refractivity contribution is 5.98. The maximum atomic E-state index is 12.4. The van der Waals surface area contributed by atoms with Crippen LogP contribution in [0, 0.1) is 12.8 Å². The lowest BCUT2D eigenvalue weighted by Crippen LogP contribution is -2.49. The normalized spacial score (nSPS) is 13.6. The smallest absolute Gasteiger partial charge is 0.312 e. The lowest BCUT2D eigenvalue weighted by molar-refractivity contribution is -0.119. The maximum absolute atomic E-state index is 12.4. The lowest BCUT2D eigenvalue weighted by atomic mass is 9.98. The molecular formula is C15H20N4O3. The summed E-state index contributed by atoms with van der Waals surface area (Å²) < 4.78 is 5.39. The first-order valence-electron chi connectivity index (χ1n) is 7.14. The third-order valence-corrected chi connectivity index (χ3v) is 3.56. The average molecular weight is 304 g/mol. The third kappa shape index (κ3) is 3.55. The van der Waals surface area contributed by atoms with E-state index in [0.717, 1.165) is 6.42 Å². The summed E-state index contributed by atoms with van der Waals surface area (Å²) in [6.45, 7) is 5.58. The molecule has 0 aliphatic heterocycles. The predicted octanol–water partition coefficient (Wildman–Crippen LogP) is 2.16. The number of nitrogens with two attached hydrogens (primary N) is 1. The molecule has 3 amide bonds. The number of aromatic nitrogens is 1. The minimum Gasteiger partial charge on any atom is -0.441 e. The van der Waals surface area contributed by atoms with E-state index in [1.54, 1.807) is 25.1 Å². The molecule has 0 aliphatic carbocycles. The van der Waals surface area contributed by atoms with Gasteiger partial charge in [0.25, 0.3) is 0 Å². The van der Waals surface area contributed by atoms with Gasteiger partial charge in [0, 0.05) is 12.6 Å². The van der Waals surface area contributed by atoms with E-state index in [4.69, 9.17) is 10.2 Å². The van der Waals surface area contributed by atoms with E-state index in [0.29, 0.717) is 22.7 Å². The van der Waals surface area contributed by atoms with Gasteiger partial charge in [0.2, 0.25) is 5.91 Å². The first kappa shape index (κ1) is 15.8. The Morgan fingerprint density at radius 1 is 1.41 bits per heavy atom. The second kappa shape index (κ2) is 6.46. The number of rotatable bonds is 5. The molecule has 1 heterocycles. The fraction of sp³-hybridized carbons (Fsp3) is 0.400. The Hall–Kier alpha value is -2.57. The SMILES string of the molecule is CCC(C)C(NC(N)=O)C(=O)Nc1ccc2oc(C)nc2c1. The topological polar surface area (TPSA) is 110 Å². The zero-order chi connectivity index (χ0) is 16.3. The summed E-state index contributed by atoms with van der Waals surface area (Å²) >= 11 is 0. The molecule has 0 radical (unpaired) electrons. The number of oxazole rings is 1. The molecule has 0 aliphatic rings. The van der Waals surface area contributed by atoms with Crippen LogP contribution < -0.4 is 16.4 Å². The van der Waals surface area contributed by atoms with Gasteiger partial charge in [0.1, 0.15) is 11.6 Å². The summed E-state index contributed by atoms with van der Waals surface area (Å²) in [6, 6.07) is 3.79. The molecule has 118 valence electrons. The molecule has 0 saturated heterocycles. The number of urea groups is 1. The summed E-state index contributed by atoms with van der Waals surface area (Å²) in [7, 11) is 0. The van der Waals surface area contributed by atoms with Gasteiger partial charge in [-0.1, -0.05) is 20.3 Å². The second-order valence-electron chi connectivity index (χ2n) is 5.28. The van der Waals surface area contributed by atoms with Crippen molar-refractivity contribution in [2.45, 2.75) is 33.2 Å². The van der Waals surface area contributed by atoms with Gasteiger partial charge in [-0.25, -0.2) is 9.78 Å². The number of nitrogens with zero attached hydrogens (tertiary/aromatic N) is 1. The molecule has 22 heavy (non-hydrogen) atoms. The number of hydrogen-bond donors (Lipinski definition) is 3. The molecule has 0 saturated carbocycles. The molecular weight excluding hydrogens is 284 g/mol. The van der Waals surface area contributed by atoms with Crippen molar-refractivity contribution in [3.8, 4) is 0 Å². The summed E-state index contributed by atoms with van der Waals surface area (Å²) in [5, 5.41) is 5.26. The number of benzene rings is 1. The molecule has 0 fully saturated rings. The minimum atomic E-state index is -0.719. The van der Waals surface area contributed by atoms with Gasteiger partial charge in [-0.3, -0.25) is 4.79 Å². The molecule has 2 unspecified atom stereocenters. The predicted molar refractivity (Wildman–Crippen MR) is 83.3 cm³/mol. The maximum Gasteiger partial charge on any atom is 0.312 e. The van der Waals surface area contributed by atoms with E-state index >= 15 is 0 Å². The van der Waals surface area contributed by atoms with Gasteiger partial charge in [-0.05, 0) is 24.1 Å². The Kier molecular flexibility index (Phi) is 4.65. The largest absolute Gasteiger partial charge is 0.441 e. The van der Waals surface area contributed by atoms with E-state index in [2.05, 4.69) is 15.6 Å². The molecule has 4 N–H and O–H groups in total. The highest BCUT2D eigenvalue weighted by atomic mass is 16.3. The van der Waals surface area contributed by atoms with Crippen LogP contribution in [0.2, 0.25) is 0 Å². The fourth-order valence-electron chi connectivity index (χ4n) is 2.20. The van der Waals surface area contributed by atoms with Crippen molar-refractivity contribution in [3.05, 3.63) is 24.1 Å². The van der Waals surface area contributed by atoms with Crippen molar-refractivity contribution in [2.24, 2.45) is 11.7 Å². The third-order valence-electron chi connectivity index (χ3n) is 3.56.